The van der Waals surface area contributed by atoms with E-state index < -0.39 is 25.7 Å². The monoisotopic (exact) mass is 592 g/mol. The smallest absolute Gasteiger partial charge is 0.435 e. The number of aliphatic imine (C=N–C) groups is 1. The molecule has 2 aliphatic rings. The molecular weight excluding hydrogens is 552 g/mol. The van der Waals surface area contributed by atoms with E-state index in [1.54, 1.807) is 6.92 Å². The summed E-state index contributed by atoms with van der Waals surface area (Å²) in [5.74, 6) is 0.0687. The lowest BCUT2D eigenvalue weighted by Crippen LogP contribution is -2.70. The van der Waals surface area contributed by atoms with Crippen LogP contribution in [0.5, 0.6) is 0 Å². The quantitative estimate of drug-likeness (QED) is 0.111. The number of hydrogen-bond acceptors (Lipinski definition) is 8. The van der Waals surface area contributed by atoms with Crippen LogP contribution in [-0.2, 0) is 25.4 Å². The Hall–Kier alpha value is -2.77. The van der Waals surface area contributed by atoms with E-state index in [4.69, 9.17) is 9.16 Å². The molecular formula is C27H40N4O7SSi. The van der Waals surface area contributed by atoms with Crippen LogP contribution in [0.1, 0.15) is 53.0 Å². The highest BCUT2D eigenvalue weighted by Gasteiger charge is 2.57. The molecule has 0 aromatic heterocycles. The van der Waals surface area contributed by atoms with E-state index in [0.29, 0.717) is 24.5 Å². The molecule has 1 N–H and O–H groups in total. The number of hydrogen-bond donors (Lipinski definition) is 1. The molecule has 2 aliphatic heterocycles. The summed E-state index contributed by atoms with van der Waals surface area (Å²) in [5, 5.41) is 13.8. The van der Waals surface area contributed by atoms with Crippen LogP contribution >= 0.6 is 11.8 Å². The summed E-state index contributed by atoms with van der Waals surface area (Å²) in [4.78, 5) is 54.1. The summed E-state index contributed by atoms with van der Waals surface area (Å²) in [5.41, 5.74) is -0.344. The minimum absolute atomic E-state index is 0.0250. The van der Waals surface area contributed by atoms with Gasteiger partial charge in [0.1, 0.15) is 12.4 Å². The van der Waals surface area contributed by atoms with Crippen molar-refractivity contribution in [1.82, 2.24) is 10.2 Å². The number of nitro benzene ring substituents is 1. The Labute approximate surface area is 241 Å². The second kappa shape index (κ2) is 12.8. The van der Waals surface area contributed by atoms with Gasteiger partial charge < -0.3 is 19.4 Å². The fraction of sp³-hybridized carbons (Fsp3) is 0.630. The van der Waals surface area contributed by atoms with Crippen LogP contribution in [0.2, 0.25) is 13.1 Å². The van der Waals surface area contributed by atoms with E-state index in [9.17, 15) is 24.5 Å². The van der Waals surface area contributed by atoms with Crippen molar-refractivity contribution in [3.8, 4) is 0 Å². The van der Waals surface area contributed by atoms with E-state index in [1.807, 2.05) is 11.8 Å². The number of thioether (sulfide) groups is 1. The number of nitrogens with one attached hydrogen (secondary N) is 1. The van der Waals surface area contributed by atoms with Gasteiger partial charge in [0.15, 0.2) is 14.2 Å². The number of non-ortho nitro benzene ring substituents is 1. The molecule has 1 aromatic rings. The fourth-order valence-electron chi connectivity index (χ4n) is 5.08. The maximum Gasteiger partial charge on any atom is 0.435 e. The number of rotatable bonds is 9. The Morgan fingerprint density at radius 2 is 1.88 bits per heavy atom. The molecule has 2 amide bonds. The molecule has 220 valence electrons. The van der Waals surface area contributed by atoms with Gasteiger partial charge in [0.25, 0.3) is 5.69 Å². The van der Waals surface area contributed by atoms with Gasteiger partial charge in [-0.05, 0) is 56.5 Å². The van der Waals surface area contributed by atoms with Crippen molar-refractivity contribution in [2.45, 2.75) is 84.1 Å². The normalized spacial score (nSPS) is 22.9. The van der Waals surface area contributed by atoms with Crippen molar-refractivity contribution < 1.29 is 28.5 Å². The number of amides is 2. The van der Waals surface area contributed by atoms with Gasteiger partial charge in [0.05, 0.1) is 22.5 Å². The number of nitro groups is 1. The molecule has 2 saturated heterocycles. The number of carbonyl (C=O) groups is 3. The first-order valence-corrected chi connectivity index (χ1v) is 17.1. The van der Waals surface area contributed by atoms with Crippen molar-refractivity contribution in [2.24, 2.45) is 16.3 Å². The molecule has 3 rings (SSSR count). The van der Waals surface area contributed by atoms with Crippen molar-refractivity contribution in [1.29, 1.82) is 0 Å². The average Bonchev–Trinajstić information content (AvgIpc) is 3.29. The minimum Gasteiger partial charge on any atom is -0.443 e. The van der Waals surface area contributed by atoms with Gasteiger partial charge in [-0.15, -0.1) is 0 Å². The fourth-order valence-corrected chi connectivity index (χ4v) is 7.68. The van der Waals surface area contributed by atoms with Crippen molar-refractivity contribution in [3.05, 3.63) is 39.9 Å². The Bertz CT molecular complexity index is 1150. The van der Waals surface area contributed by atoms with Gasteiger partial charge >= 0.3 is 6.09 Å². The third kappa shape index (κ3) is 7.70. The van der Waals surface area contributed by atoms with Crippen molar-refractivity contribution in [2.75, 3.05) is 13.1 Å². The molecule has 2 fully saturated rings. The second-order valence-electron chi connectivity index (χ2n) is 11.8. The molecule has 0 spiro atoms. The van der Waals surface area contributed by atoms with Crippen LogP contribution in [0.3, 0.4) is 0 Å². The zero-order valence-electron chi connectivity index (χ0n) is 24.3. The highest BCUT2D eigenvalue weighted by atomic mass is 32.2. The van der Waals surface area contributed by atoms with Crippen LogP contribution in [0.15, 0.2) is 29.3 Å². The topological polar surface area (TPSA) is 140 Å². The van der Waals surface area contributed by atoms with Crippen molar-refractivity contribution in [3.63, 3.8) is 0 Å². The summed E-state index contributed by atoms with van der Waals surface area (Å²) >= 11 is 1.29. The van der Waals surface area contributed by atoms with Crippen LogP contribution in [-0.4, -0.2) is 71.8 Å². The predicted molar refractivity (Wildman–Crippen MR) is 157 cm³/mol. The Morgan fingerprint density at radius 3 is 2.42 bits per heavy atom. The molecule has 0 aliphatic carbocycles. The van der Waals surface area contributed by atoms with Crippen molar-refractivity contribution >= 4 is 49.4 Å². The summed E-state index contributed by atoms with van der Waals surface area (Å²) in [7, 11) is -1.44. The SMILES string of the molecule is CC(=NC(=O)OCc1ccc([N+](=O)[O-])cc1)N1CC[C@H](SC(=O)C[C@H]2NC(=O)[C@@H]2[C@@](C)(O[SiH](C)C)C(C)(C)C)C1. The number of likely N-dealkylation sites (tertiary alicyclic amines) is 1. The number of ether oxygens (including phenoxy) is 1. The molecule has 40 heavy (non-hydrogen) atoms. The molecule has 0 saturated carbocycles. The Balaban J connectivity index is 1.49. The molecule has 2 heterocycles. The summed E-state index contributed by atoms with van der Waals surface area (Å²) in [6, 6.07) is 5.51. The van der Waals surface area contributed by atoms with E-state index in [0.717, 1.165) is 6.42 Å². The molecule has 0 unspecified atom stereocenters. The van der Waals surface area contributed by atoms with Crippen LogP contribution in [0, 0.1) is 21.4 Å². The first kappa shape index (κ1) is 31.8. The number of benzene rings is 1. The van der Waals surface area contributed by atoms with Gasteiger partial charge in [-0.25, -0.2) is 4.79 Å². The largest absolute Gasteiger partial charge is 0.443 e. The van der Waals surface area contributed by atoms with Gasteiger partial charge in [-0.3, -0.25) is 19.7 Å². The number of nitrogens with zero attached hydrogens (tertiary/aromatic N) is 3. The van der Waals surface area contributed by atoms with Gasteiger partial charge in [0, 0.05) is 36.9 Å². The molecule has 0 radical (unpaired) electrons. The predicted octanol–water partition coefficient (Wildman–Crippen LogP) is 4.29. The molecule has 13 heteroatoms. The lowest BCUT2D eigenvalue weighted by Gasteiger charge is -2.54. The standard InChI is InChI=1S/C27H40N4O7SSi/c1-17(28-25(34)37-16-18-8-10-19(11-9-18)31(35)36)30-13-12-20(15-30)39-22(32)14-21-23(24(33)29-21)27(5,26(2,3)4)38-40(6)7/h8-11,20-21,23,40H,12-16H2,1-7H3,(H,29,33)/t20-,21+,23+,27+/m0/s1. The highest BCUT2D eigenvalue weighted by molar-refractivity contribution is 8.14. The zero-order valence-corrected chi connectivity index (χ0v) is 26.2. The summed E-state index contributed by atoms with van der Waals surface area (Å²) in [6.07, 6.45) is 0.265. The minimum atomic E-state index is -1.44. The first-order valence-electron chi connectivity index (χ1n) is 13.5. The zero-order chi connectivity index (χ0) is 29.8. The third-order valence-corrected chi connectivity index (χ3v) is 9.73. The second-order valence-corrected chi connectivity index (χ2v) is 15.5. The summed E-state index contributed by atoms with van der Waals surface area (Å²) in [6.45, 7) is 15.3. The van der Waals surface area contributed by atoms with Gasteiger partial charge in [-0.1, -0.05) is 32.5 Å². The van der Waals surface area contributed by atoms with Gasteiger partial charge in [-0.2, -0.15) is 4.99 Å². The maximum atomic E-state index is 13.0. The molecule has 1 aromatic carbocycles. The van der Waals surface area contributed by atoms with Crippen LogP contribution < -0.4 is 5.32 Å². The number of β-lactam (4-membered cyclic amide) rings is 1. The Morgan fingerprint density at radius 1 is 1.23 bits per heavy atom. The van der Waals surface area contributed by atoms with E-state index in [1.165, 1.54) is 36.0 Å². The van der Waals surface area contributed by atoms with E-state index in [2.05, 4.69) is 44.2 Å². The molecule has 0 bridgehead atoms. The molecule has 11 nitrogen and oxygen atoms in total. The Kier molecular flexibility index (Phi) is 10.2. The first-order chi connectivity index (χ1) is 18.6. The molecule has 4 atom stereocenters. The number of carbonyl (C=O) groups excluding carboxylic acids is 3. The van der Waals surface area contributed by atoms with Crippen LogP contribution in [0.25, 0.3) is 0 Å². The highest BCUT2D eigenvalue weighted by Crippen LogP contribution is 2.45. The van der Waals surface area contributed by atoms with Crippen LogP contribution in [0.4, 0.5) is 10.5 Å². The third-order valence-electron chi connectivity index (χ3n) is 7.63. The lowest BCUT2D eigenvalue weighted by atomic mass is 9.64. The van der Waals surface area contributed by atoms with E-state index in [-0.39, 0.29) is 52.4 Å². The lowest BCUT2D eigenvalue weighted by molar-refractivity contribution is -0.384. The summed E-state index contributed by atoms with van der Waals surface area (Å²) < 4.78 is 11.6. The van der Waals surface area contributed by atoms with E-state index >= 15 is 0 Å². The average molecular weight is 593 g/mol. The van der Waals surface area contributed by atoms with Gasteiger partial charge in [0.2, 0.25) is 5.91 Å². The maximum absolute atomic E-state index is 13.0. The number of amidine groups is 1.